The normalized spacial score (nSPS) is 14.6. The van der Waals surface area contributed by atoms with Gasteiger partial charge in [0, 0.05) is 6.54 Å². The molecule has 0 unspecified atom stereocenters. The summed E-state index contributed by atoms with van der Waals surface area (Å²) in [5.74, 6) is 1.63. The molecule has 0 radical (unpaired) electrons. The van der Waals surface area contributed by atoms with E-state index in [9.17, 15) is 4.79 Å². The van der Waals surface area contributed by atoms with Gasteiger partial charge in [0.1, 0.15) is 19.3 Å². The molecule has 6 nitrogen and oxygen atoms in total. The van der Waals surface area contributed by atoms with Crippen molar-refractivity contribution in [3.63, 3.8) is 0 Å². The summed E-state index contributed by atoms with van der Waals surface area (Å²) in [5, 5.41) is 3.08. The lowest BCUT2D eigenvalue weighted by Gasteiger charge is -2.21. The first-order valence-corrected chi connectivity index (χ1v) is 6.43. The molecule has 6 heteroatoms. The van der Waals surface area contributed by atoms with Crippen molar-refractivity contribution < 1.29 is 23.7 Å². The zero-order valence-corrected chi connectivity index (χ0v) is 11.9. The summed E-state index contributed by atoms with van der Waals surface area (Å²) in [7, 11) is 2.95. The molecule has 1 aliphatic rings. The van der Waals surface area contributed by atoms with Crippen LogP contribution in [0, 0.1) is 0 Å². The average molecular weight is 281 g/mol. The third kappa shape index (κ3) is 3.14. The molecule has 1 aliphatic heterocycles. The van der Waals surface area contributed by atoms with E-state index in [4.69, 9.17) is 14.2 Å². The Balaban J connectivity index is 2.10. The monoisotopic (exact) mass is 281 g/mol. The number of nitrogens with one attached hydrogen (secondary N) is 1. The van der Waals surface area contributed by atoms with E-state index >= 15 is 0 Å². The van der Waals surface area contributed by atoms with Gasteiger partial charge in [0.15, 0.2) is 11.5 Å². The van der Waals surface area contributed by atoms with Gasteiger partial charge in [0.25, 0.3) is 0 Å². The molecule has 1 aromatic rings. The second-order valence-electron chi connectivity index (χ2n) is 4.45. The molecule has 20 heavy (non-hydrogen) atoms. The standard InChI is InChI=1S/C14H19NO5/c1-9(14(16)18-3)15-8-10-6-11(17-2)13-12(7-10)19-4-5-20-13/h6-7,9,15H,4-5,8H2,1-3H3/t9-/m0/s1. The second kappa shape index (κ2) is 6.47. The molecule has 0 bridgehead atoms. The zero-order valence-electron chi connectivity index (χ0n) is 11.9. The Hall–Kier alpha value is -1.95. The minimum absolute atomic E-state index is 0.297. The van der Waals surface area contributed by atoms with Gasteiger partial charge in [0.05, 0.1) is 14.2 Å². The van der Waals surface area contributed by atoms with Gasteiger partial charge in [-0.1, -0.05) is 0 Å². The van der Waals surface area contributed by atoms with Gasteiger partial charge in [0.2, 0.25) is 5.75 Å². The minimum Gasteiger partial charge on any atom is -0.493 e. The van der Waals surface area contributed by atoms with Crippen molar-refractivity contribution in [2.75, 3.05) is 27.4 Å². The summed E-state index contributed by atoms with van der Waals surface area (Å²) in [6.07, 6.45) is 0. The molecule has 0 spiro atoms. The van der Waals surface area contributed by atoms with Crippen molar-refractivity contribution in [2.24, 2.45) is 0 Å². The topological polar surface area (TPSA) is 66.0 Å². The lowest BCUT2D eigenvalue weighted by Crippen LogP contribution is -2.34. The van der Waals surface area contributed by atoms with Crippen LogP contribution >= 0.6 is 0 Å². The molecule has 0 saturated heterocycles. The smallest absolute Gasteiger partial charge is 0.322 e. The minimum atomic E-state index is -0.376. The van der Waals surface area contributed by atoms with Gasteiger partial charge in [-0.2, -0.15) is 0 Å². The lowest BCUT2D eigenvalue weighted by atomic mass is 10.1. The van der Waals surface area contributed by atoms with Crippen molar-refractivity contribution in [2.45, 2.75) is 19.5 Å². The van der Waals surface area contributed by atoms with E-state index in [0.29, 0.717) is 37.0 Å². The first kappa shape index (κ1) is 14.5. The Labute approximate surface area is 118 Å². The molecule has 1 N–H and O–H groups in total. The van der Waals surface area contributed by atoms with Crippen LogP contribution in [0.2, 0.25) is 0 Å². The Morgan fingerprint density at radius 1 is 1.35 bits per heavy atom. The van der Waals surface area contributed by atoms with E-state index in [2.05, 4.69) is 10.1 Å². The van der Waals surface area contributed by atoms with Crippen LogP contribution in [0.25, 0.3) is 0 Å². The summed E-state index contributed by atoms with van der Waals surface area (Å²) in [5.41, 5.74) is 0.946. The lowest BCUT2D eigenvalue weighted by molar-refractivity contribution is -0.142. The molecule has 1 aromatic carbocycles. The molecule has 0 fully saturated rings. The fraction of sp³-hybridized carbons (Fsp3) is 0.500. The number of carbonyl (C=O) groups excluding carboxylic acids is 1. The van der Waals surface area contributed by atoms with Gasteiger partial charge < -0.3 is 24.3 Å². The summed E-state index contributed by atoms with van der Waals surface area (Å²) in [4.78, 5) is 11.3. The highest BCUT2D eigenvalue weighted by Gasteiger charge is 2.19. The third-order valence-corrected chi connectivity index (χ3v) is 3.05. The maximum Gasteiger partial charge on any atom is 0.322 e. The van der Waals surface area contributed by atoms with Crippen LogP contribution in [0.15, 0.2) is 12.1 Å². The molecular weight excluding hydrogens is 262 g/mol. The van der Waals surface area contributed by atoms with Gasteiger partial charge >= 0.3 is 5.97 Å². The first-order valence-electron chi connectivity index (χ1n) is 6.43. The van der Waals surface area contributed by atoms with Crippen LogP contribution in [0.1, 0.15) is 12.5 Å². The predicted octanol–water partition coefficient (Wildman–Crippen LogP) is 1.12. The van der Waals surface area contributed by atoms with Gasteiger partial charge in [-0.15, -0.1) is 0 Å². The molecule has 0 aromatic heterocycles. The molecule has 1 atom stereocenters. The van der Waals surface area contributed by atoms with Crippen molar-refractivity contribution in [3.8, 4) is 17.2 Å². The number of carbonyl (C=O) groups is 1. The fourth-order valence-corrected chi connectivity index (χ4v) is 1.96. The van der Waals surface area contributed by atoms with E-state index in [0.717, 1.165) is 5.56 Å². The average Bonchev–Trinajstić information content (AvgIpc) is 2.50. The van der Waals surface area contributed by atoms with Crippen molar-refractivity contribution in [3.05, 3.63) is 17.7 Å². The number of ether oxygens (including phenoxy) is 4. The van der Waals surface area contributed by atoms with Crippen LogP contribution in [-0.4, -0.2) is 39.4 Å². The van der Waals surface area contributed by atoms with Crippen molar-refractivity contribution >= 4 is 5.97 Å². The highest BCUT2D eigenvalue weighted by molar-refractivity contribution is 5.75. The number of hydrogen-bond donors (Lipinski definition) is 1. The second-order valence-corrected chi connectivity index (χ2v) is 4.45. The fourth-order valence-electron chi connectivity index (χ4n) is 1.96. The summed E-state index contributed by atoms with van der Waals surface area (Å²) >= 11 is 0. The Kier molecular flexibility index (Phi) is 4.68. The largest absolute Gasteiger partial charge is 0.493 e. The Morgan fingerprint density at radius 3 is 2.80 bits per heavy atom. The van der Waals surface area contributed by atoms with Gasteiger partial charge in [-0.3, -0.25) is 4.79 Å². The number of esters is 1. The molecular formula is C14H19NO5. The molecule has 0 aliphatic carbocycles. The molecule has 110 valence electrons. The number of methoxy groups -OCH3 is 2. The maximum absolute atomic E-state index is 11.3. The number of benzene rings is 1. The molecule has 2 rings (SSSR count). The summed E-state index contributed by atoms with van der Waals surface area (Å²) in [6, 6.07) is 3.37. The van der Waals surface area contributed by atoms with E-state index in [1.807, 2.05) is 12.1 Å². The van der Waals surface area contributed by atoms with Crippen LogP contribution < -0.4 is 19.5 Å². The van der Waals surface area contributed by atoms with Crippen LogP contribution in [0.5, 0.6) is 17.2 Å². The zero-order chi connectivity index (χ0) is 14.5. The summed E-state index contributed by atoms with van der Waals surface area (Å²) in [6.45, 7) is 3.29. The van der Waals surface area contributed by atoms with Crippen molar-refractivity contribution in [1.82, 2.24) is 5.32 Å². The van der Waals surface area contributed by atoms with Crippen molar-refractivity contribution in [1.29, 1.82) is 0 Å². The van der Waals surface area contributed by atoms with E-state index in [1.54, 1.807) is 14.0 Å². The first-order chi connectivity index (χ1) is 9.65. The van der Waals surface area contributed by atoms with Crippen LogP contribution in [0.4, 0.5) is 0 Å². The van der Waals surface area contributed by atoms with E-state index in [-0.39, 0.29) is 12.0 Å². The number of fused-ring (bicyclic) bond motifs is 1. The Bertz CT molecular complexity index is 471. The quantitative estimate of drug-likeness (QED) is 0.816. The highest BCUT2D eigenvalue weighted by atomic mass is 16.6. The molecule has 0 amide bonds. The van der Waals surface area contributed by atoms with Crippen LogP contribution in [-0.2, 0) is 16.1 Å². The number of hydrogen-bond acceptors (Lipinski definition) is 6. The SMILES string of the molecule is COC(=O)[C@H](C)NCc1cc(OC)c2c(c1)OCCO2. The van der Waals surface area contributed by atoms with E-state index < -0.39 is 0 Å². The molecule has 1 heterocycles. The third-order valence-electron chi connectivity index (χ3n) is 3.05. The van der Waals surface area contributed by atoms with Gasteiger partial charge in [-0.25, -0.2) is 0 Å². The van der Waals surface area contributed by atoms with E-state index in [1.165, 1.54) is 7.11 Å². The number of rotatable bonds is 5. The van der Waals surface area contributed by atoms with Crippen LogP contribution in [0.3, 0.4) is 0 Å². The summed E-state index contributed by atoms with van der Waals surface area (Å²) < 4.78 is 21.1. The molecule has 0 saturated carbocycles. The maximum atomic E-state index is 11.3. The highest BCUT2D eigenvalue weighted by Crippen LogP contribution is 2.40. The Morgan fingerprint density at radius 2 is 2.10 bits per heavy atom. The predicted molar refractivity (Wildman–Crippen MR) is 72.3 cm³/mol. The van der Waals surface area contributed by atoms with Gasteiger partial charge in [-0.05, 0) is 24.6 Å².